The summed E-state index contributed by atoms with van der Waals surface area (Å²) in [5, 5.41) is 3.02. The van der Waals surface area contributed by atoms with Gasteiger partial charge in [0.1, 0.15) is 22.4 Å². The van der Waals surface area contributed by atoms with Gasteiger partial charge in [0.15, 0.2) is 11.3 Å². The molecule has 0 amide bonds. The van der Waals surface area contributed by atoms with Gasteiger partial charge >= 0.3 is 11.4 Å². The number of unbranched alkanes of at least 4 members (excludes halogenated alkanes) is 1. The largest absolute Gasteiger partial charge is 0.383 e. The van der Waals surface area contributed by atoms with E-state index in [2.05, 4.69) is 35.2 Å². The number of anilines is 4. The van der Waals surface area contributed by atoms with Crippen molar-refractivity contribution in [1.82, 2.24) is 49.3 Å². The Morgan fingerprint density at radius 3 is 1.62 bits per heavy atom. The molecule has 0 spiro atoms. The minimum Gasteiger partial charge on any atom is -0.383 e. The SMILES string of the molecule is CNCCCCN(CCn1c(=O)[nH]c(=O)c2c(N)nc(N)nc21)CCn1c(=O)[nH]c(=O)c2c(N)nc(N)nc21. The smallest absolute Gasteiger partial charge is 0.330 e. The molecule has 0 atom stereocenters. The summed E-state index contributed by atoms with van der Waals surface area (Å²) < 4.78 is 2.53. The molecule has 0 unspecified atom stereocenters. The van der Waals surface area contributed by atoms with Gasteiger partial charge in [-0.15, -0.1) is 0 Å². The molecule has 39 heavy (non-hydrogen) atoms. The number of rotatable bonds is 11. The highest BCUT2D eigenvalue weighted by Gasteiger charge is 2.17. The number of nitrogens with zero attached hydrogens (tertiary/aromatic N) is 7. The number of hydrogen-bond donors (Lipinski definition) is 7. The Balaban J connectivity index is 1.64. The maximum absolute atomic E-state index is 12.7. The van der Waals surface area contributed by atoms with Crippen molar-refractivity contribution in [1.29, 1.82) is 0 Å². The molecule has 11 N–H and O–H groups in total. The van der Waals surface area contributed by atoms with Crippen molar-refractivity contribution in [3.8, 4) is 0 Å². The quantitative estimate of drug-likeness (QED) is 0.0910. The first-order valence-corrected chi connectivity index (χ1v) is 12.1. The lowest BCUT2D eigenvalue weighted by molar-refractivity contribution is 0.246. The fourth-order valence-corrected chi connectivity index (χ4v) is 4.31. The van der Waals surface area contributed by atoms with Crippen LogP contribution in [0.2, 0.25) is 0 Å². The minimum atomic E-state index is -0.711. The Hall–Kier alpha value is -4.84. The number of hydrogen-bond acceptors (Lipinski definition) is 14. The van der Waals surface area contributed by atoms with Crippen LogP contribution in [-0.2, 0) is 13.1 Å². The Morgan fingerprint density at radius 2 is 1.18 bits per heavy atom. The first-order chi connectivity index (χ1) is 18.6. The van der Waals surface area contributed by atoms with Crippen molar-refractivity contribution >= 4 is 45.6 Å². The fraction of sp³-hybridized carbons (Fsp3) is 0.429. The molecule has 0 saturated heterocycles. The first kappa shape index (κ1) is 27.2. The van der Waals surface area contributed by atoms with E-state index in [1.54, 1.807) is 0 Å². The van der Waals surface area contributed by atoms with Crippen LogP contribution in [0.3, 0.4) is 0 Å². The Morgan fingerprint density at radius 1 is 0.718 bits per heavy atom. The molecule has 0 aliphatic carbocycles. The zero-order valence-corrected chi connectivity index (χ0v) is 21.2. The molecule has 4 aromatic heterocycles. The van der Waals surface area contributed by atoms with Crippen molar-refractivity contribution in [3.63, 3.8) is 0 Å². The molecular weight excluding hydrogens is 512 g/mol. The molecule has 18 nitrogen and oxygen atoms in total. The number of fused-ring (bicyclic) bond motifs is 2. The summed E-state index contributed by atoms with van der Waals surface area (Å²) in [6.07, 6.45) is 1.70. The van der Waals surface area contributed by atoms with Gasteiger partial charge in [0.25, 0.3) is 11.1 Å². The standard InChI is InChI=1S/C21H30N14O4/c1-26-4-2-3-5-33(6-8-34-14-10(16(36)31-20(34)38)12(22)27-18(24)29-14)7-9-35-15-11(17(37)32-21(35)39)13(23)28-19(25)30-15/h26H,2-9H2,1H3,(H,31,36,38)(H,32,37,39)(H4,22,24,27,29)(H4,23,25,28,30). The van der Waals surface area contributed by atoms with Gasteiger partial charge in [-0.3, -0.25) is 33.6 Å². The topological polar surface area (TPSA) is 281 Å². The molecule has 4 heterocycles. The van der Waals surface area contributed by atoms with Crippen molar-refractivity contribution in [2.75, 3.05) is 56.2 Å². The third-order valence-electron chi connectivity index (χ3n) is 6.20. The molecule has 0 aliphatic heterocycles. The summed E-state index contributed by atoms with van der Waals surface area (Å²) in [4.78, 5) is 72.2. The zero-order valence-electron chi connectivity index (χ0n) is 21.2. The van der Waals surface area contributed by atoms with Crippen LogP contribution in [0.1, 0.15) is 12.8 Å². The summed E-state index contributed by atoms with van der Waals surface area (Å²) in [5.41, 5.74) is 20.4. The van der Waals surface area contributed by atoms with Gasteiger partial charge in [-0.1, -0.05) is 0 Å². The van der Waals surface area contributed by atoms with Gasteiger partial charge in [0.2, 0.25) is 11.9 Å². The number of aromatic amines is 2. The van der Waals surface area contributed by atoms with Gasteiger partial charge in [0.05, 0.1) is 0 Å². The third-order valence-corrected chi connectivity index (χ3v) is 6.20. The second kappa shape index (κ2) is 11.3. The summed E-state index contributed by atoms with van der Waals surface area (Å²) >= 11 is 0. The molecule has 4 rings (SSSR count). The first-order valence-electron chi connectivity index (χ1n) is 12.1. The fourth-order valence-electron chi connectivity index (χ4n) is 4.31. The number of H-pyrrole nitrogens is 2. The Bertz CT molecular complexity index is 1630. The Labute approximate surface area is 219 Å². The van der Waals surface area contributed by atoms with Crippen molar-refractivity contribution in [2.24, 2.45) is 0 Å². The zero-order chi connectivity index (χ0) is 28.3. The van der Waals surface area contributed by atoms with E-state index in [0.29, 0.717) is 19.6 Å². The Kier molecular flexibility index (Phi) is 7.86. The summed E-state index contributed by atoms with van der Waals surface area (Å²) in [7, 11) is 1.86. The van der Waals surface area contributed by atoms with Gasteiger partial charge in [-0.2, -0.15) is 19.9 Å². The van der Waals surface area contributed by atoms with Crippen LogP contribution in [0.5, 0.6) is 0 Å². The van der Waals surface area contributed by atoms with Crippen molar-refractivity contribution < 1.29 is 0 Å². The van der Waals surface area contributed by atoms with Crippen molar-refractivity contribution in [2.45, 2.75) is 25.9 Å². The number of nitrogens with two attached hydrogens (primary N) is 4. The highest BCUT2D eigenvalue weighted by atomic mass is 16.2. The van der Waals surface area contributed by atoms with Gasteiger partial charge in [-0.25, -0.2) is 9.59 Å². The second-order valence-corrected chi connectivity index (χ2v) is 8.81. The number of nitrogens with one attached hydrogen (secondary N) is 3. The molecule has 0 fully saturated rings. The molecule has 4 aromatic rings. The van der Waals surface area contributed by atoms with Crippen LogP contribution >= 0.6 is 0 Å². The molecule has 0 saturated carbocycles. The second-order valence-electron chi connectivity index (χ2n) is 8.81. The van der Waals surface area contributed by atoms with E-state index < -0.39 is 22.5 Å². The highest BCUT2D eigenvalue weighted by Crippen LogP contribution is 2.14. The minimum absolute atomic E-state index is 0.0226. The molecule has 0 aliphatic rings. The van der Waals surface area contributed by atoms with E-state index in [-0.39, 0.29) is 58.7 Å². The van der Waals surface area contributed by atoms with Crippen LogP contribution in [-0.4, -0.2) is 77.2 Å². The highest BCUT2D eigenvalue weighted by molar-refractivity contribution is 5.86. The maximum atomic E-state index is 12.7. The molecule has 208 valence electrons. The molecule has 0 bridgehead atoms. The van der Waals surface area contributed by atoms with E-state index in [1.807, 2.05) is 11.9 Å². The molecule has 0 radical (unpaired) electrons. The van der Waals surface area contributed by atoms with E-state index in [1.165, 1.54) is 9.13 Å². The molecular formula is C21H30N14O4. The summed E-state index contributed by atoms with van der Waals surface area (Å²) in [6.45, 7) is 2.34. The van der Waals surface area contributed by atoms with E-state index in [9.17, 15) is 19.2 Å². The van der Waals surface area contributed by atoms with Crippen LogP contribution in [0.15, 0.2) is 19.2 Å². The summed E-state index contributed by atoms with van der Waals surface area (Å²) in [6, 6.07) is 0. The van der Waals surface area contributed by atoms with Crippen LogP contribution < -0.4 is 50.7 Å². The molecule has 18 heteroatoms. The number of nitrogen functional groups attached to an aromatic ring is 4. The van der Waals surface area contributed by atoms with Gasteiger partial charge in [-0.05, 0) is 33.0 Å². The summed E-state index contributed by atoms with van der Waals surface area (Å²) in [5.74, 6) is -0.623. The van der Waals surface area contributed by atoms with E-state index in [4.69, 9.17) is 22.9 Å². The lowest BCUT2D eigenvalue weighted by Gasteiger charge is -2.23. The van der Waals surface area contributed by atoms with Crippen LogP contribution in [0.25, 0.3) is 22.1 Å². The number of aromatic nitrogens is 8. The van der Waals surface area contributed by atoms with Gasteiger partial charge in [0, 0.05) is 26.2 Å². The van der Waals surface area contributed by atoms with Crippen LogP contribution in [0.4, 0.5) is 23.5 Å². The molecule has 0 aromatic carbocycles. The normalized spacial score (nSPS) is 11.6. The monoisotopic (exact) mass is 542 g/mol. The lowest BCUT2D eigenvalue weighted by Crippen LogP contribution is -2.39. The van der Waals surface area contributed by atoms with Crippen LogP contribution in [0, 0.1) is 0 Å². The predicted molar refractivity (Wildman–Crippen MR) is 146 cm³/mol. The maximum Gasteiger partial charge on any atom is 0.330 e. The average molecular weight is 543 g/mol. The lowest BCUT2D eigenvalue weighted by atomic mass is 10.2. The third kappa shape index (κ3) is 5.70. The van der Waals surface area contributed by atoms with Crippen molar-refractivity contribution in [3.05, 3.63) is 41.7 Å². The average Bonchev–Trinajstić information content (AvgIpc) is 2.84. The predicted octanol–water partition coefficient (Wildman–Crippen LogP) is -3.40. The van der Waals surface area contributed by atoms with E-state index in [0.717, 1.165) is 19.4 Å². The van der Waals surface area contributed by atoms with E-state index >= 15 is 0 Å². The van der Waals surface area contributed by atoms with Gasteiger partial charge < -0.3 is 28.3 Å².